The highest BCUT2D eigenvalue weighted by molar-refractivity contribution is 9.10. The predicted octanol–water partition coefficient (Wildman–Crippen LogP) is 3.60. The number of thiocarbonyl (C=S) groups is 1. The van der Waals surface area contributed by atoms with Crippen LogP contribution in [0.15, 0.2) is 40.3 Å². The van der Waals surface area contributed by atoms with Crippen LogP contribution in [0.5, 0.6) is 0 Å². The highest BCUT2D eigenvalue weighted by Gasteiger charge is 2.40. The van der Waals surface area contributed by atoms with Crippen LogP contribution >= 0.6 is 39.5 Å². The summed E-state index contributed by atoms with van der Waals surface area (Å²) in [5.74, 6) is 0. The molecule has 0 saturated carbocycles. The van der Waals surface area contributed by atoms with Crippen molar-refractivity contribution in [3.05, 3.63) is 50.9 Å². The summed E-state index contributed by atoms with van der Waals surface area (Å²) in [5.41, 5.74) is 1.03. The van der Waals surface area contributed by atoms with E-state index in [9.17, 15) is 0 Å². The molecule has 0 aliphatic carbocycles. The van der Waals surface area contributed by atoms with Gasteiger partial charge in [0, 0.05) is 47.1 Å². The molecule has 0 radical (unpaired) electrons. The lowest BCUT2D eigenvalue weighted by Crippen LogP contribution is -2.38. The average molecular weight is 467 g/mol. The van der Waals surface area contributed by atoms with Crippen molar-refractivity contribution in [3.8, 4) is 0 Å². The van der Waals surface area contributed by atoms with Gasteiger partial charge in [-0.05, 0) is 52.8 Å². The van der Waals surface area contributed by atoms with Crippen molar-refractivity contribution < 1.29 is 4.74 Å². The lowest BCUT2D eigenvalue weighted by atomic mass is 10.0. The number of aromatic nitrogens is 1. The molecule has 0 bridgehead atoms. The summed E-state index contributed by atoms with van der Waals surface area (Å²) in [6, 6.07) is 8.52. The molecule has 0 aromatic carbocycles. The first-order chi connectivity index (χ1) is 13.2. The van der Waals surface area contributed by atoms with E-state index in [0.717, 1.165) is 61.1 Å². The Labute approximate surface area is 177 Å². The SMILES string of the molecule is S=C1N[C@@H](c2ccccn2)[C@H](c2cc(Br)cs2)N1CCCN1CCOCC1. The first-order valence-corrected chi connectivity index (χ1v) is 11.3. The monoisotopic (exact) mass is 466 g/mol. The Bertz CT molecular complexity index is 766. The van der Waals surface area contributed by atoms with Gasteiger partial charge in [-0.15, -0.1) is 11.3 Å². The second-order valence-corrected chi connectivity index (χ2v) is 9.04. The molecule has 2 aromatic rings. The van der Waals surface area contributed by atoms with Gasteiger partial charge in [0.25, 0.3) is 0 Å². The molecule has 27 heavy (non-hydrogen) atoms. The van der Waals surface area contributed by atoms with E-state index in [1.807, 2.05) is 18.3 Å². The van der Waals surface area contributed by atoms with Crippen molar-refractivity contribution in [2.45, 2.75) is 18.5 Å². The molecule has 144 valence electrons. The minimum atomic E-state index is 0.0765. The van der Waals surface area contributed by atoms with Crippen molar-refractivity contribution in [1.82, 2.24) is 20.1 Å². The number of pyridine rings is 1. The number of thiophene rings is 1. The number of hydrogen-bond acceptors (Lipinski definition) is 5. The van der Waals surface area contributed by atoms with E-state index >= 15 is 0 Å². The van der Waals surface area contributed by atoms with Gasteiger partial charge in [-0.2, -0.15) is 0 Å². The van der Waals surface area contributed by atoms with E-state index in [1.54, 1.807) is 11.3 Å². The third-order valence-electron chi connectivity index (χ3n) is 5.05. The molecular weight excluding hydrogens is 444 g/mol. The molecule has 4 heterocycles. The zero-order chi connectivity index (χ0) is 18.6. The molecular formula is C19H23BrN4OS2. The van der Waals surface area contributed by atoms with Crippen molar-refractivity contribution >= 4 is 44.6 Å². The van der Waals surface area contributed by atoms with Crippen molar-refractivity contribution in [2.75, 3.05) is 39.4 Å². The second kappa shape index (κ2) is 8.96. The maximum absolute atomic E-state index is 5.72. The molecule has 0 unspecified atom stereocenters. The summed E-state index contributed by atoms with van der Waals surface area (Å²) in [6.45, 7) is 5.76. The highest BCUT2D eigenvalue weighted by Crippen LogP contribution is 2.41. The normalized spacial score (nSPS) is 23.6. The predicted molar refractivity (Wildman–Crippen MR) is 116 cm³/mol. The second-order valence-electron chi connectivity index (χ2n) is 6.79. The fourth-order valence-electron chi connectivity index (χ4n) is 3.73. The standard InChI is InChI=1S/C19H23BrN4OS2/c20-14-12-16(27-13-14)18-17(15-4-1-2-5-21-15)22-19(26)24(18)7-3-6-23-8-10-25-11-9-23/h1-2,4-5,12-13,17-18H,3,6-11H2,(H,22,26)/t17-,18-/m0/s1. The summed E-state index contributed by atoms with van der Waals surface area (Å²) in [6.07, 6.45) is 2.93. The van der Waals surface area contributed by atoms with Gasteiger partial charge < -0.3 is 15.0 Å². The number of nitrogens with one attached hydrogen (secondary N) is 1. The molecule has 8 heteroatoms. The fourth-order valence-corrected chi connectivity index (χ4v) is 5.65. The van der Waals surface area contributed by atoms with E-state index in [1.165, 1.54) is 4.88 Å². The molecule has 2 atom stereocenters. The summed E-state index contributed by atoms with van der Waals surface area (Å²) < 4.78 is 6.56. The summed E-state index contributed by atoms with van der Waals surface area (Å²) in [7, 11) is 0. The van der Waals surface area contributed by atoms with E-state index in [4.69, 9.17) is 17.0 Å². The maximum Gasteiger partial charge on any atom is 0.170 e. The van der Waals surface area contributed by atoms with Gasteiger partial charge in [0.2, 0.25) is 0 Å². The average Bonchev–Trinajstić information content (AvgIpc) is 3.27. The van der Waals surface area contributed by atoms with Crippen molar-refractivity contribution in [3.63, 3.8) is 0 Å². The number of hydrogen-bond donors (Lipinski definition) is 1. The molecule has 5 nitrogen and oxygen atoms in total. The zero-order valence-corrected chi connectivity index (χ0v) is 18.2. The van der Waals surface area contributed by atoms with Crippen LogP contribution in [-0.4, -0.2) is 59.3 Å². The van der Waals surface area contributed by atoms with Gasteiger partial charge in [-0.1, -0.05) is 6.07 Å². The van der Waals surface area contributed by atoms with E-state index < -0.39 is 0 Å². The molecule has 1 N–H and O–H groups in total. The van der Waals surface area contributed by atoms with Gasteiger partial charge >= 0.3 is 0 Å². The van der Waals surface area contributed by atoms with E-state index in [2.05, 4.69) is 53.5 Å². The summed E-state index contributed by atoms with van der Waals surface area (Å²) >= 11 is 11.1. The third kappa shape index (κ3) is 4.51. The highest BCUT2D eigenvalue weighted by atomic mass is 79.9. The van der Waals surface area contributed by atoms with E-state index in [-0.39, 0.29) is 12.1 Å². The molecule has 2 fully saturated rings. The molecule has 0 amide bonds. The van der Waals surface area contributed by atoms with Crippen LogP contribution in [0.3, 0.4) is 0 Å². The Morgan fingerprint density at radius 1 is 1.30 bits per heavy atom. The van der Waals surface area contributed by atoms with Crippen LogP contribution in [0.4, 0.5) is 0 Å². The Kier molecular flexibility index (Phi) is 6.39. The Morgan fingerprint density at radius 3 is 2.85 bits per heavy atom. The molecule has 0 spiro atoms. The zero-order valence-electron chi connectivity index (χ0n) is 15.0. The van der Waals surface area contributed by atoms with Crippen molar-refractivity contribution in [2.24, 2.45) is 0 Å². The molecule has 4 rings (SSSR count). The maximum atomic E-state index is 5.72. The van der Waals surface area contributed by atoms with Crippen molar-refractivity contribution in [1.29, 1.82) is 0 Å². The van der Waals surface area contributed by atoms with Gasteiger partial charge in [0.15, 0.2) is 5.11 Å². The number of halogens is 1. The van der Waals surface area contributed by atoms with E-state index in [0.29, 0.717) is 0 Å². The van der Waals surface area contributed by atoms with Crippen LogP contribution in [0, 0.1) is 0 Å². The minimum Gasteiger partial charge on any atom is -0.379 e. The molecule has 2 aliphatic heterocycles. The van der Waals surface area contributed by atoms with Gasteiger partial charge in [-0.25, -0.2) is 0 Å². The summed E-state index contributed by atoms with van der Waals surface area (Å²) in [5, 5.41) is 6.48. The van der Waals surface area contributed by atoms with Crippen LogP contribution in [0.25, 0.3) is 0 Å². The number of nitrogens with zero attached hydrogens (tertiary/aromatic N) is 3. The quantitative estimate of drug-likeness (QED) is 0.655. The Hall–Kier alpha value is -1.06. The van der Waals surface area contributed by atoms with Crippen LogP contribution in [0.1, 0.15) is 29.1 Å². The first-order valence-electron chi connectivity index (χ1n) is 9.24. The third-order valence-corrected chi connectivity index (χ3v) is 7.17. The lowest BCUT2D eigenvalue weighted by molar-refractivity contribution is 0.0366. The van der Waals surface area contributed by atoms with Gasteiger partial charge in [-0.3, -0.25) is 9.88 Å². The van der Waals surface area contributed by atoms with Crippen LogP contribution in [-0.2, 0) is 4.74 Å². The Morgan fingerprint density at radius 2 is 2.15 bits per heavy atom. The first kappa shape index (κ1) is 19.3. The molecule has 2 saturated heterocycles. The topological polar surface area (TPSA) is 40.6 Å². The molecule has 2 aromatic heterocycles. The number of rotatable bonds is 6. The smallest absolute Gasteiger partial charge is 0.170 e. The Balaban J connectivity index is 1.50. The van der Waals surface area contributed by atoms with Gasteiger partial charge in [0.1, 0.15) is 0 Å². The summed E-state index contributed by atoms with van der Waals surface area (Å²) in [4.78, 5) is 10.7. The number of ether oxygens (including phenoxy) is 1. The van der Waals surface area contributed by atoms with Gasteiger partial charge in [0.05, 0.1) is 31.0 Å². The van der Waals surface area contributed by atoms with Crippen LogP contribution < -0.4 is 5.32 Å². The molecule has 2 aliphatic rings. The number of morpholine rings is 1. The lowest BCUT2D eigenvalue weighted by Gasteiger charge is -2.30. The minimum absolute atomic E-state index is 0.0765. The van der Waals surface area contributed by atoms with Crippen LogP contribution in [0.2, 0.25) is 0 Å². The fraction of sp³-hybridized carbons (Fsp3) is 0.474. The largest absolute Gasteiger partial charge is 0.379 e.